The maximum atomic E-state index is 13.2. The van der Waals surface area contributed by atoms with Crippen LogP contribution in [0.5, 0.6) is 0 Å². The Kier molecular flexibility index (Phi) is 4.56. The second-order valence-electron chi connectivity index (χ2n) is 6.32. The Bertz CT molecular complexity index is 930. The molecule has 144 valence electrons. The highest BCUT2D eigenvalue weighted by molar-refractivity contribution is 5.79. The van der Waals surface area contributed by atoms with E-state index in [0.717, 1.165) is 11.1 Å². The summed E-state index contributed by atoms with van der Waals surface area (Å²) in [6.07, 6.45) is -4.63. The molecular formula is C16H15F4N5O2. The molecule has 3 heterocycles. The fourth-order valence-electron chi connectivity index (χ4n) is 3.02. The first-order valence-corrected chi connectivity index (χ1v) is 8.26. The number of rotatable bonds is 4. The zero-order valence-corrected chi connectivity index (χ0v) is 14.0. The van der Waals surface area contributed by atoms with Crippen LogP contribution in [0, 0.1) is 5.82 Å². The van der Waals surface area contributed by atoms with E-state index in [1.807, 2.05) is 4.90 Å². The van der Waals surface area contributed by atoms with Gasteiger partial charge in [-0.25, -0.2) is 4.39 Å². The number of benzene rings is 1. The lowest BCUT2D eigenvalue weighted by atomic mass is 10.2. The molecule has 0 spiro atoms. The van der Waals surface area contributed by atoms with E-state index in [1.165, 1.54) is 12.1 Å². The molecule has 0 N–H and O–H groups in total. The van der Waals surface area contributed by atoms with Crippen LogP contribution in [0.1, 0.15) is 17.5 Å². The van der Waals surface area contributed by atoms with Crippen LogP contribution in [-0.2, 0) is 19.3 Å². The monoisotopic (exact) mass is 385 g/mol. The second kappa shape index (κ2) is 6.89. The molecule has 0 aliphatic carbocycles. The third kappa shape index (κ3) is 3.93. The topological polar surface area (TPSA) is 71.4 Å². The second-order valence-corrected chi connectivity index (χ2v) is 6.32. The Balaban J connectivity index is 1.33. The molecule has 0 radical (unpaired) electrons. The van der Waals surface area contributed by atoms with Gasteiger partial charge in [0.25, 0.3) is 0 Å². The Morgan fingerprint density at radius 1 is 1.00 bits per heavy atom. The molecule has 1 fully saturated rings. The minimum Gasteiger partial charge on any atom is -0.416 e. The van der Waals surface area contributed by atoms with E-state index in [4.69, 9.17) is 4.52 Å². The lowest BCUT2D eigenvalue weighted by Gasteiger charge is -2.33. The number of alkyl halides is 3. The summed E-state index contributed by atoms with van der Waals surface area (Å²) < 4.78 is 60.5. The van der Waals surface area contributed by atoms with Gasteiger partial charge in [0.2, 0.25) is 5.89 Å². The van der Waals surface area contributed by atoms with Gasteiger partial charge in [-0.15, -0.1) is 10.2 Å². The molecule has 1 aliphatic rings. The fraction of sp³-hybridized carbons (Fsp3) is 0.438. The van der Waals surface area contributed by atoms with E-state index < -0.39 is 12.1 Å². The van der Waals surface area contributed by atoms with Gasteiger partial charge in [-0.2, -0.15) is 13.2 Å². The Hall–Kier alpha value is -2.53. The van der Waals surface area contributed by atoms with Gasteiger partial charge < -0.3 is 8.94 Å². The number of nitrogens with zero attached hydrogens (tertiary/aromatic N) is 5. The number of piperazine rings is 1. The van der Waals surface area contributed by atoms with Crippen molar-refractivity contribution in [2.75, 3.05) is 26.2 Å². The van der Waals surface area contributed by atoms with E-state index in [1.54, 1.807) is 6.07 Å². The quantitative estimate of drug-likeness (QED) is 0.640. The van der Waals surface area contributed by atoms with Gasteiger partial charge in [-0.3, -0.25) is 9.80 Å². The molecule has 1 saturated heterocycles. The maximum Gasteiger partial charge on any atom is 0.470 e. The van der Waals surface area contributed by atoms with Gasteiger partial charge in [0.05, 0.1) is 6.54 Å². The minimum absolute atomic E-state index is 0.0553. The van der Waals surface area contributed by atoms with Crippen molar-refractivity contribution in [1.82, 2.24) is 25.2 Å². The number of hydrogen-bond donors (Lipinski definition) is 0. The molecule has 0 saturated carbocycles. The van der Waals surface area contributed by atoms with Crippen molar-refractivity contribution >= 4 is 11.0 Å². The van der Waals surface area contributed by atoms with Crippen molar-refractivity contribution in [1.29, 1.82) is 0 Å². The van der Waals surface area contributed by atoms with E-state index in [0.29, 0.717) is 38.3 Å². The first kappa shape index (κ1) is 17.9. The van der Waals surface area contributed by atoms with E-state index in [-0.39, 0.29) is 18.3 Å². The lowest BCUT2D eigenvalue weighted by molar-refractivity contribution is -0.157. The average Bonchev–Trinajstić information content (AvgIpc) is 3.23. The molecule has 0 amide bonds. The summed E-state index contributed by atoms with van der Waals surface area (Å²) in [6, 6.07) is 4.30. The van der Waals surface area contributed by atoms with Crippen molar-refractivity contribution in [3.63, 3.8) is 0 Å². The van der Waals surface area contributed by atoms with Crippen LogP contribution in [-0.4, -0.2) is 51.3 Å². The van der Waals surface area contributed by atoms with Gasteiger partial charge in [0.1, 0.15) is 11.5 Å². The molecule has 1 aliphatic heterocycles. The van der Waals surface area contributed by atoms with Gasteiger partial charge in [0.15, 0.2) is 5.58 Å². The van der Waals surface area contributed by atoms with Gasteiger partial charge in [-0.05, 0) is 12.1 Å². The third-order valence-corrected chi connectivity index (χ3v) is 4.42. The maximum absolute atomic E-state index is 13.2. The van der Waals surface area contributed by atoms with Gasteiger partial charge in [0, 0.05) is 44.2 Å². The standard InChI is InChI=1S/C16H15F4N5O2/c17-10-1-2-11-12(23-27-13(11)7-10)8-24-3-5-25(6-4-24)9-14-21-22-15(26-14)16(18,19)20/h1-2,7H,3-6,8-9H2. The largest absolute Gasteiger partial charge is 0.470 e. The summed E-state index contributed by atoms with van der Waals surface area (Å²) >= 11 is 0. The summed E-state index contributed by atoms with van der Waals surface area (Å²) in [5.41, 5.74) is 1.13. The predicted molar refractivity (Wildman–Crippen MR) is 83.8 cm³/mol. The van der Waals surface area contributed by atoms with Crippen LogP contribution in [0.25, 0.3) is 11.0 Å². The molecule has 1 aromatic carbocycles. The fourth-order valence-corrected chi connectivity index (χ4v) is 3.02. The Labute approximate surface area is 150 Å². The molecule has 4 rings (SSSR count). The summed E-state index contributed by atoms with van der Waals surface area (Å²) in [5, 5.41) is 11.3. The van der Waals surface area contributed by atoms with E-state index in [9.17, 15) is 17.6 Å². The summed E-state index contributed by atoms with van der Waals surface area (Å²) in [5.74, 6) is -1.76. The summed E-state index contributed by atoms with van der Waals surface area (Å²) in [7, 11) is 0. The van der Waals surface area contributed by atoms with Crippen molar-refractivity contribution in [2.45, 2.75) is 19.3 Å². The molecule has 27 heavy (non-hydrogen) atoms. The van der Waals surface area contributed by atoms with Gasteiger partial charge >= 0.3 is 12.1 Å². The van der Waals surface area contributed by atoms with E-state index >= 15 is 0 Å². The van der Waals surface area contributed by atoms with Crippen LogP contribution in [0.3, 0.4) is 0 Å². The highest BCUT2D eigenvalue weighted by Crippen LogP contribution is 2.28. The predicted octanol–water partition coefficient (Wildman–Crippen LogP) is 2.69. The number of fused-ring (bicyclic) bond motifs is 1. The lowest BCUT2D eigenvalue weighted by Crippen LogP contribution is -2.45. The molecule has 7 nitrogen and oxygen atoms in total. The van der Waals surface area contributed by atoms with Crippen molar-refractivity contribution in [3.8, 4) is 0 Å². The molecule has 0 bridgehead atoms. The first-order chi connectivity index (χ1) is 12.9. The van der Waals surface area contributed by atoms with Gasteiger partial charge in [-0.1, -0.05) is 5.16 Å². The van der Waals surface area contributed by atoms with Crippen LogP contribution >= 0.6 is 0 Å². The zero-order valence-electron chi connectivity index (χ0n) is 14.0. The number of halogens is 4. The molecule has 11 heteroatoms. The Morgan fingerprint density at radius 3 is 2.37 bits per heavy atom. The van der Waals surface area contributed by atoms with Crippen LogP contribution in [0.4, 0.5) is 17.6 Å². The summed E-state index contributed by atoms with van der Waals surface area (Å²) in [4.78, 5) is 4.09. The number of aromatic nitrogens is 3. The Morgan fingerprint density at radius 2 is 1.70 bits per heavy atom. The molecule has 0 atom stereocenters. The smallest absolute Gasteiger partial charge is 0.416 e. The average molecular weight is 385 g/mol. The molecular weight excluding hydrogens is 370 g/mol. The minimum atomic E-state index is -4.63. The highest BCUT2D eigenvalue weighted by atomic mass is 19.4. The molecule has 3 aromatic rings. The van der Waals surface area contributed by atoms with Crippen molar-refractivity contribution in [3.05, 3.63) is 41.5 Å². The molecule has 2 aromatic heterocycles. The first-order valence-electron chi connectivity index (χ1n) is 8.26. The zero-order chi connectivity index (χ0) is 19.0. The van der Waals surface area contributed by atoms with Crippen LogP contribution in [0.15, 0.2) is 27.1 Å². The van der Waals surface area contributed by atoms with Crippen LogP contribution < -0.4 is 0 Å². The number of hydrogen-bond acceptors (Lipinski definition) is 7. The van der Waals surface area contributed by atoms with Crippen LogP contribution in [0.2, 0.25) is 0 Å². The molecule has 0 unspecified atom stereocenters. The SMILES string of the molecule is Fc1ccc2c(CN3CCN(Cc4nnc(C(F)(F)F)o4)CC3)noc2c1. The van der Waals surface area contributed by atoms with E-state index in [2.05, 4.69) is 24.7 Å². The highest BCUT2D eigenvalue weighted by Gasteiger charge is 2.38. The normalized spacial score (nSPS) is 17.0. The van der Waals surface area contributed by atoms with Crippen molar-refractivity contribution in [2.24, 2.45) is 0 Å². The summed E-state index contributed by atoms with van der Waals surface area (Å²) in [6.45, 7) is 3.36. The van der Waals surface area contributed by atoms with Crippen molar-refractivity contribution < 1.29 is 26.5 Å². The third-order valence-electron chi connectivity index (χ3n) is 4.42.